The van der Waals surface area contributed by atoms with Crippen molar-refractivity contribution in [1.29, 1.82) is 0 Å². The van der Waals surface area contributed by atoms with Crippen LogP contribution in [0, 0.1) is 16.4 Å². The van der Waals surface area contributed by atoms with Gasteiger partial charge in [-0.25, -0.2) is 8.78 Å². The Morgan fingerprint density at radius 1 is 1.14 bits per heavy atom. The molecule has 1 aromatic heterocycles. The average Bonchev–Trinajstić information content (AvgIpc) is 2.79. The number of para-hydroxylation sites is 1. The van der Waals surface area contributed by atoms with Gasteiger partial charge in [0, 0.05) is 6.04 Å². The number of H-pyrrole nitrogens is 1. The van der Waals surface area contributed by atoms with Crippen molar-refractivity contribution >= 4 is 23.3 Å². The number of hydrogen-bond acceptors (Lipinski definition) is 1. The minimum Gasteiger partial charge on any atom is -0.328 e. The van der Waals surface area contributed by atoms with Crippen LogP contribution in [0.2, 0.25) is 0 Å². The molecule has 0 radical (unpaired) electrons. The normalized spacial score (nSPS) is 12.7. The first-order valence-electron chi connectivity index (χ1n) is 6.69. The van der Waals surface area contributed by atoms with E-state index < -0.39 is 0 Å². The lowest BCUT2D eigenvalue weighted by atomic mass is 10.1. The molecule has 0 fully saturated rings. The van der Waals surface area contributed by atoms with Crippen LogP contribution in [0.15, 0.2) is 42.5 Å². The standard InChI is InChI=1S/C16H14F2N2S/c1-10(9-11-5-7-12(17)8-6-11)20-14-4-2-3-13(18)15(14)19-16(20)21/h2-8,10H,9H2,1H3,(H,19,21). The molecule has 2 aromatic carbocycles. The molecule has 2 nitrogen and oxygen atoms in total. The molecule has 5 heteroatoms. The van der Waals surface area contributed by atoms with E-state index in [1.165, 1.54) is 18.2 Å². The number of aromatic amines is 1. The predicted octanol–water partition coefficient (Wildman–Crippen LogP) is 4.78. The van der Waals surface area contributed by atoms with Crippen LogP contribution in [-0.4, -0.2) is 9.55 Å². The Bertz CT molecular complexity index is 834. The fourth-order valence-corrected chi connectivity index (χ4v) is 2.98. The summed E-state index contributed by atoms with van der Waals surface area (Å²) in [6.07, 6.45) is 0.693. The predicted molar refractivity (Wildman–Crippen MR) is 81.9 cm³/mol. The number of benzene rings is 2. The molecule has 0 aliphatic rings. The number of aromatic nitrogens is 2. The van der Waals surface area contributed by atoms with E-state index in [9.17, 15) is 8.78 Å². The van der Waals surface area contributed by atoms with Gasteiger partial charge in [0.05, 0.1) is 5.52 Å². The Morgan fingerprint density at radius 3 is 2.57 bits per heavy atom. The van der Waals surface area contributed by atoms with Crippen molar-refractivity contribution in [2.45, 2.75) is 19.4 Å². The van der Waals surface area contributed by atoms with Gasteiger partial charge in [0.2, 0.25) is 0 Å². The summed E-state index contributed by atoms with van der Waals surface area (Å²) in [5, 5.41) is 0. The number of fused-ring (bicyclic) bond motifs is 1. The molecule has 0 saturated carbocycles. The summed E-state index contributed by atoms with van der Waals surface area (Å²) in [6, 6.07) is 11.3. The van der Waals surface area contributed by atoms with Crippen LogP contribution in [0.3, 0.4) is 0 Å². The molecule has 0 saturated heterocycles. The van der Waals surface area contributed by atoms with Crippen molar-refractivity contribution in [1.82, 2.24) is 9.55 Å². The Labute approximate surface area is 126 Å². The van der Waals surface area contributed by atoms with Gasteiger partial charge in [0.25, 0.3) is 0 Å². The fourth-order valence-electron chi connectivity index (χ4n) is 2.60. The number of nitrogens with one attached hydrogen (secondary N) is 1. The number of halogens is 2. The summed E-state index contributed by atoms with van der Waals surface area (Å²) in [5.74, 6) is -0.566. The van der Waals surface area contributed by atoms with Crippen LogP contribution in [0.4, 0.5) is 8.78 Å². The Hall–Kier alpha value is -2.01. The van der Waals surface area contributed by atoms with Crippen molar-refractivity contribution in [3.63, 3.8) is 0 Å². The Balaban J connectivity index is 2.00. The molecule has 0 bridgehead atoms. The molecule has 1 atom stereocenters. The highest BCUT2D eigenvalue weighted by Crippen LogP contribution is 2.23. The molecule has 21 heavy (non-hydrogen) atoms. The molecule has 0 aliphatic carbocycles. The van der Waals surface area contributed by atoms with Gasteiger partial charge < -0.3 is 9.55 Å². The molecular weight excluding hydrogens is 290 g/mol. The lowest BCUT2D eigenvalue weighted by Crippen LogP contribution is -2.08. The highest BCUT2D eigenvalue weighted by Gasteiger charge is 2.13. The second-order valence-corrected chi connectivity index (χ2v) is 5.50. The zero-order valence-electron chi connectivity index (χ0n) is 11.4. The van der Waals surface area contributed by atoms with Crippen molar-refractivity contribution in [2.24, 2.45) is 0 Å². The molecule has 0 spiro atoms. The first-order valence-corrected chi connectivity index (χ1v) is 7.10. The van der Waals surface area contributed by atoms with Gasteiger partial charge >= 0.3 is 0 Å². The van der Waals surface area contributed by atoms with Crippen LogP contribution in [0.5, 0.6) is 0 Å². The third kappa shape index (κ3) is 2.61. The molecule has 3 aromatic rings. The number of nitrogens with zero attached hydrogens (tertiary/aromatic N) is 1. The van der Waals surface area contributed by atoms with E-state index in [-0.39, 0.29) is 17.7 Å². The summed E-state index contributed by atoms with van der Waals surface area (Å²) in [6.45, 7) is 2.01. The molecule has 3 rings (SSSR count). The minimum atomic E-state index is -0.314. The number of hydrogen-bond donors (Lipinski definition) is 1. The lowest BCUT2D eigenvalue weighted by molar-refractivity contribution is 0.551. The Kier molecular flexibility index (Phi) is 3.59. The molecule has 108 valence electrons. The van der Waals surface area contributed by atoms with Crippen LogP contribution in [0.25, 0.3) is 11.0 Å². The molecule has 1 unspecified atom stereocenters. The lowest BCUT2D eigenvalue weighted by Gasteiger charge is -2.14. The summed E-state index contributed by atoms with van der Waals surface area (Å²) in [7, 11) is 0. The number of imidazole rings is 1. The largest absolute Gasteiger partial charge is 0.328 e. The summed E-state index contributed by atoms with van der Waals surface area (Å²) >= 11 is 5.31. The van der Waals surface area contributed by atoms with Gasteiger partial charge in [-0.2, -0.15) is 0 Å². The quantitative estimate of drug-likeness (QED) is 0.691. The Morgan fingerprint density at radius 2 is 1.86 bits per heavy atom. The minimum absolute atomic E-state index is 0.0403. The van der Waals surface area contributed by atoms with Crippen LogP contribution in [0.1, 0.15) is 18.5 Å². The van der Waals surface area contributed by atoms with Crippen molar-refractivity contribution < 1.29 is 8.78 Å². The van der Waals surface area contributed by atoms with E-state index in [1.807, 2.05) is 17.6 Å². The zero-order chi connectivity index (χ0) is 15.0. The maximum atomic E-state index is 13.8. The van der Waals surface area contributed by atoms with Crippen LogP contribution in [-0.2, 0) is 6.42 Å². The first kappa shape index (κ1) is 13.9. The van der Waals surface area contributed by atoms with Crippen LogP contribution < -0.4 is 0 Å². The number of rotatable bonds is 3. The first-order chi connectivity index (χ1) is 10.1. The van der Waals surface area contributed by atoms with Gasteiger partial charge in [-0.05, 0) is 55.4 Å². The van der Waals surface area contributed by atoms with Crippen molar-refractivity contribution in [3.05, 3.63) is 64.4 Å². The third-order valence-corrected chi connectivity index (χ3v) is 3.89. The maximum absolute atomic E-state index is 13.8. The second-order valence-electron chi connectivity index (χ2n) is 5.11. The van der Waals surface area contributed by atoms with Gasteiger partial charge in [0.1, 0.15) is 17.2 Å². The summed E-state index contributed by atoms with van der Waals surface area (Å²) < 4.78 is 29.1. The van der Waals surface area contributed by atoms with E-state index in [0.29, 0.717) is 16.7 Å². The topological polar surface area (TPSA) is 20.7 Å². The molecule has 0 aliphatic heterocycles. The summed E-state index contributed by atoms with van der Waals surface area (Å²) in [5.41, 5.74) is 2.18. The molecule has 1 heterocycles. The molecular formula is C16H14F2N2S. The summed E-state index contributed by atoms with van der Waals surface area (Å²) in [4.78, 5) is 2.91. The SMILES string of the molecule is CC(Cc1ccc(F)cc1)n1c(=S)[nH]c2c(F)cccc21. The van der Waals surface area contributed by atoms with E-state index in [2.05, 4.69) is 4.98 Å². The van der Waals surface area contributed by atoms with E-state index in [1.54, 1.807) is 18.2 Å². The van der Waals surface area contributed by atoms with E-state index >= 15 is 0 Å². The fraction of sp³-hybridized carbons (Fsp3) is 0.188. The highest BCUT2D eigenvalue weighted by molar-refractivity contribution is 7.71. The van der Waals surface area contributed by atoms with Gasteiger partial charge in [-0.15, -0.1) is 0 Å². The van der Waals surface area contributed by atoms with Crippen LogP contribution >= 0.6 is 12.2 Å². The molecule has 1 N–H and O–H groups in total. The monoisotopic (exact) mass is 304 g/mol. The van der Waals surface area contributed by atoms with Crippen molar-refractivity contribution in [2.75, 3.05) is 0 Å². The second kappa shape index (κ2) is 5.41. The van der Waals surface area contributed by atoms with E-state index in [4.69, 9.17) is 12.2 Å². The third-order valence-electron chi connectivity index (χ3n) is 3.59. The average molecular weight is 304 g/mol. The molecule has 0 amide bonds. The van der Waals surface area contributed by atoms with Gasteiger partial charge in [-0.3, -0.25) is 0 Å². The van der Waals surface area contributed by atoms with Gasteiger partial charge in [0.15, 0.2) is 4.77 Å². The maximum Gasteiger partial charge on any atom is 0.178 e. The smallest absolute Gasteiger partial charge is 0.178 e. The van der Waals surface area contributed by atoms with Gasteiger partial charge in [-0.1, -0.05) is 18.2 Å². The highest BCUT2D eigenvalue weighted by atomic mass is 32.1. The van der Waals surface area contributed by atoms with E-state index in [0.717, 1.165) is 11.1 Å². The zero-order valence-corrected chi connectivity index (χ0v) is 12.3. The van der Waals surface area contributed by atoms with Crippen molar-refractivity contribution in [3.8, 4) is 0 Å².